The van der Waals surface area contributed by atoms with Crippen LogP contribution in [0.1, 0.15) is 31.4 Å². The molecule has 1 saturated heterocycles. The molecule has 1 aliphatic heterocycles. The highest BCUT2D eigenvalue weighted by Gasteiger charge is 2.24. The van der Waals surface area contributed by atoms with E-state index >= 15 is 0 Å². The molecule has 1 aliphatic rings. The summed E-state index contributed by atoms with van der Waals surface area (Å²) in [6, 6.07) is 7.85. The van der Waals surface area contributed by atoms with Crippen LogP contribution in [0.15, 0.2) is 29.3 Å². The number of nitrogens with zero attached hydrogens (tertiary/aromatic N) is 2. The van der Waals surface area contributed by atoms with Crippen LogP contribution in [-0.2, 0) is 10.0 Å². The average Bonchev–Trinajstić information content (AvgIpc) is 2.58. The third-order valence-electron chi connectivity index (χ3n) is 4.55. The van der Waals surface area contributed by atoms with Gasteiger partial charge in [-0.1, -0.05) is 23.7 Å². The van der Waals surface area contributed by atoms with Crippen molar-refractivity contribution in [3.8, 4) is 0 Å². The fourth-order valence-corrected chi connectivity index (χ4v) is 3.92. The molecular weight excluding hydrogens is 487 g/mol. The van der Waals surface area contributed by atoms with Crippen LogP contribution in [0.3, 0.4) is 0 Å². The first kappa shape index (κ1) is 23.5. The van der Waals surface area contributed by atoms with Gasteiger partial charge >= 0.3 is 0 Å². The van der Waals surface area contributed by atoms with E-state index in [2.05, 4.69) is 22.5 Å². The van der Waals surface area contributed by atoms with Gasteiger partial charge in [-0.25, -0.2) is 12.7 Å². The number of nitrogens with one attached hydrogen (secondary N) is 2. The van der Waals surface area contributed by atoms with E-state index in [9.17, 15) is 8.42 Å². The Morgan fingerprint density at radius 3 is 2.38 bits per heavy atom. The molecule has 0 spiro atoms. The smallest absolute Gasteiger partial charge is 0.211 e. The molecule has 6 nitrogen and oxygen atoms in total. The summed E-state index contributed by atoms with van der Waals surface area (Å²) < 4.78 is 24.7. The molecular formula is C17H28ClIN4O2S. The zero-order valence-corrected chi connectivity index (χ0v) is 19.3. The fourth-order valence-electron chi connectivity index (χ4n) is 2.92. The molecule has 1 atom stereocenters. The summed E-state index contributed by atoms with van der Waals surface area (Å²) in [5.74, 6) is 1.19. The maximum absolute atomic E-state index is 11.6. The Labute approximate surface area is 178 Å². The Morgan fingerprint density at radius 2 is 1.88 bits per heavy atom. The predicted molar refractivity (Wildman–Crippen MR) is 119 cm³/mol. The number of sulfonamides is 1. The van der Waals surface area contributed by atoms with E-state index in [1.165, 1.54) is 6.26 Å². The maximum atomic E-state index is 11.6. The number of benzene rings is 1. The van der Waals surface area contributed by atoms with Gasteiger partial charge in [-0.2, -0.15) is 0 Å². The second-order valence-electron chi connectivity index (χ2n) is 6.48. The van der Waals surface area contributed by atoms with Crippen LogP contribution < -0.4 is 10.6 Å². The molecule has 0 saturated carbocycles. The van der Waals surface area contributed by atoms with Crippen LogP contribution in [0.2, 0.25) is 5.02 Å². The SMILES string of the molecule is CN=C(NCC1CCN(S(C)(=O)=O)CC1)NC(C)c1ccc(Cl)cc1.I. The highest BCUT2D eigenvalue weighted by atomic mass is 127. The first-order valence-electron chi connectivity index (χ1n) is 8.47. The van der Waals surface area contributed by atoms with Gasteiger partial charge in [0.25, 0.3) is 0 Å². The molecule has 1 heterocycles. The average molecular weight is 515 g/mol. The summed E-state index contributed by atoms with van der Waals surface area (Å²) in [7, 11) is -1.32. The van der Waals surface area contributed by atoms with Gasteiger partial charge in [0.15, 0.2) is 5.96 Å². The Morgan fingerprint density at radius 1 is 1.31 bits per heavy atom. The highest BCUT2D eigenvalue weighted by Crippen LogP contribution is 2.19. The summed E-state index contributed by atoms with van der Waals surface area (Å²) in [5, 5.41) is 7.44. The summed E-state index contributed by atoms with van der Waals surface area (Å²) in [6.07, 6.45) is 3.00. The van der Waals surface area contributed by atoms with Crippen molar-refractivity contribution < 1.29 is 8.42 Å². The van der Waals surface area contributed by atoms with E-state index < -0.39 is 10.0 Å². The lowest BCUT2D eigenvalue weighted by molar-refractivity contribution is 0.274. The molecule has 1 fully saturated rings. The molecule has 1 aromatic carbocycles. The quantitative estimate of drug-likeness (QED) is 0.360. The Kier molecular flexibility index (Phi) is 9.63. The van der Waals surface area contributed by atoms with E-state index in [4.69, 9.17) is 11.6 Å². The largest absolute Gasteiger partial charge is 0.356 e. The molecule has 9 heteroatoms. The molecule has 2 N–H and O–H groups in total. The molecule has 0 radical (unpaired) electrons. The number of aliphatic imine (C=N–C) groups is 1. The van der Waals surface area contributed by atoms with E-state index in [0.717, 1.165) is 35.9 Å². The summed E-state index contributed by atoms with van der Waals surface area (Å²) >= 11 is 5.93. The van der Waals surface area contributed by atoms with Crippen molar-refractivity contribution in [1.29, 1.82) is 0 Å². The molecule has 0 aliphatic carbocycles. The van der Waals surface area contributed by atoms with Crippen LogP contribution in [0.25, 0.3) is 0 Å². The van der Waals surface area contributed by atoms with Gasteiger partial charge in [-0.15, -0.1) is 24.0 Å². The van der Waals surface area contributed by atoms with Crippen LogP contribution in [-0.4, -0.2) is 51.6 Å². The molecule has 1 unspecified atom stereocenters. The second-order valence-corrected chi connectivity index (χ2v) is 8.89. The molecule has 0 aromatic heterocycles. The lowest BCUT2D eigenvalue weighted by atomic mass is 9.98. The minimum Gasteiger partial charge on any atom is -0.356 e. The zero-order chi connectivity index (χ0) is 18.4. The highest BCUT2D eigenvalue weighted by molar-refractivity contribution is 14.0. The van der Waals surface area contributed by atoms with Crippen molar-refractivity contribution in [2.45, 2.75) is 25.8 Å². The minimum absolute atomic E-state index is 0. The van der Waals surface area contributed by atoms with Gasteiger partial charge < -0.3 is 10.6 Å². The zero-order valence-electron chi connectivity index (χ0n) is 15.4. The van der Waals surface area contributed by atoms with Gasteiger partial charge in [0.2, 0.25) is 10.0 Å². The van der Waals surface area contributed by atoms with Gasteiger partial charge in [-0.05, 0) is 43.4 Å². The number of rotatable bonds is 5. The fraction of sp³-hybridized carbons (Fsp3) is 0.588. The first-order valence-corrected chi connectivity index (χ1v) is 10.7. The van der Waals surface area contributed by atoms with Crippen molar-refractivity contribution in [2.24, 2.45) is 10.9 Å². The number of guanidine groups is 1. The van der Waals surface area contributed by atoms with Crippen molar-refractivity contribution in [1.82, 2.24) is 14.9 Å². The van der Waals surface area contributed by atoms with Gasteiger partial charge in [-0.3, -0.25) is 4.99 Å². The minimum atomic E-state index is -3.07. The van der Waals surface area contributed by atoms with Crippen LogP contribution in [0, 0.1) is 5.92 Å². The first-order chi connectivity index (χ1) is 11.8. The van der Waals surface area contributed by atoms with Crippen LogP contribution >= 0.6 is 35.6 Å². The van der Waals surface area contributed by atoms with Gasteiger partial charge in [0.1, 0.15) is 0 Å². The summed E-state index contributed by atoms with van der Waals surface area (Å²) in [4.78, 5) is 4.27. The van der Waals surface area contributed by atoms with E-state index in [1.54, 1.807) is 11.4 Å². The molecule has 1 aromatic rings. The maximum Gasteiger partial charge on any atom is 0.211 e. The third kappa shape index (κ3) is 7.21. The standard InChI is InChI=1S/C17H27ClN4O2S.HI/c1-13(15-4-6-16(18)7-5-15)21-17(19-2)20-12-14-8-10-22(11-9-14)25(3,23)24;/h4-7,13-14H,8-12H2,1-3H3,(H2,19,20,21);1H. The monoisotopic (exact) mass is 514 g/mol. The normalized spacial score (nSPS) is 18.1. The van der Waals surface area contributed by atoms with Crippen molar-refractivity contribution in [3.05, 3.63) is 34.9 Å². The Balaban J connectivity index is 0.00000338. The van der Waals surface area contributed by atoms with Crippen LogP contribution in [0.5, 0.6) is 0 Å². The Bertz CT molecular complexity index is 689. The molecule has 2 rings (SSSR count). The number of halogens is 2. The number of piperidine rings is 1. The second kappa shape index (κ2) is 10.7. The lowest BCUT2D eigenvalue weighted by Crippen LogP contribution is -2.44. The van der Waals surface area contributed by atoms with Crippen LogP contribution in [0.4, 0.5) is 0 Å². The number of hydrogen-bond acceptors (Lipinski definition) is 3. The molecule has 0 amide bonds. The summed E-state index contributed by atoms with van der Waals surface area (Å²) in [6.45, 7) is 4.04. The molecule has 0 bridgehead atoms. The van der Waals surface area contributed by atoms with Crippen molar-refractivity contribution in [3.63, 3.8) is 0 Å². The lowest BCUT2D eigenvalue weighted by Gasteiger charge is -2.30. The van der Waals surface area contributed by atoms with Crippen molar-refractivity contribution >= 4 is 51.6 Å². The van der Waals surface area contributed by atoms with E-state index in [1.807, 2.05) is 24.3 Å². The predicted octanol–water partition coefficient (Wildman–Crippen LogP) is 2.86. The van der Waals surface area contributed by atoms with E-state index in [0.29, 0.717) is 19.0 Å². The summed E-state index contributed by atoms with van der Waals surface area (Å²) in [5.41, 5.74) is 1.13. The van der Waals surface area contributed by atoms with Gasteiger partial charge in [0, 0.05) is 31.7 Å². The third-order valence-corrected chi connectivity index (χ3v) is 6.10. The molecule has 26 heavy (non-hydrogen) atoms. The van der Waals surface area contributed by atoms with Crippen molar-refractivity contribution in [2.75, 3.05) is 32.9 Å². The topological polar surface area (TPSA) is 73.8 Å². The Hall–Kier alpha value is -0.580. The number of hydrogen-bond donors (Lipinski definition) is 2. The van der Waals surface area contributed by atoms with Gasteiger partial charge in [0.05, 0.1) is 12.3 Å². The van der Waals surface area contributed by atoms with E-state index in [-0.39, 0.29) is 30.0 Å². The molecule has 148 valence electrons.